The Bertz CT molecular complexity index is 1140. The van der Waals surface area contributed by atoms with Crippen molar-refractivity contribution >= 4 is 23.4 Å². The second kappa shape index (κ2) is 9.79. The molecule has 1 saturated carbocycles. The molecule has 176 valence electrons. The van der Waals surface area contributed by atoms with E-state index in [0.29, 0.717) is 22.6 Å². The number of allylic oxidation sites excluding steroid dienone is 3. The molecule has 1 heterocycles. The first kappa shape index (κ1) is 22.9. The van der Waals surface area contributed by atoms with Crippen molar-refractivity contribution < 1.29 is 14.3 Å². The van der Waals surface area contributed by atoms with Crippen LogP contribution in [0.2, 0.25) is 5.02 Å². The second-order valence-corrected chi connectivity index (χ2v) is 10.1. The quantitative estimate of drug-likeness (QED) is 0.507. The van der Waals surface area contributed by atoms with Gasteiger partial charge in [0.1, 0.15) is 6.10 Å². The summed E-state index contributed by atoms with van der Waals surface area (Å²) in [5.41, 5.74) is 4.96. The number of hydrogen-bond acceptors (Lipinski definition) is 4. The first-order chi connectivity index (χ1) is 16.5. The van der Waals surface area contributed by atoms with Crippen LogP contribution in [0.5, 0.6) is 0 Å². The predicted octanol–water partition coefficient (Wildman–Crippen LogP) is 6.58. The second-order valence-electron chi connectivity index (χ2n) is 9.64. The van der Waals surface area contributed by atoms with Crippen molar-refractivity contribution in [3.63, 3.8) is 0 Å². The number of esters is 1. The Labute approximate surface area is 206 Å². The molecule has 1 fully saturated rings. The number of ketones is 1. The zero-order chi connectivity index (χ0) is 23.7. The van der Waals surface area contributed by atoms with Crippen LogP contribution in [0.15, 0.2) is 77.1 Å². The monoisotopic (exact) mass is 475 g/mol. The van der Waals surface area contributed by atoms with Crippen LogP contribution in [-0.2, 0) is 14.3 Å². The lowest BCUT2D eigenvalue weighted by molar-refractivity contribution is -0.146. The van der Waals surface area contributed by atoms with Crippen molar-refractivity contribution in [3.8, 4) is 0 Å². The molecule has 2 atom stereocenters. The number of carbonyl (C=O) groups excluding carboxylic acids is 2. The van der Waals surface area contributed by atoms with E-state index in [1.54, 1.807) is 0 Å². The molecule has 0 aromatic heterocycles. The summed E-state index contributed by atoms with van der Waals surface area (Å²) < 4.78 is 5.99. The van der Waals surface area contributed by atoms with Gasteiger partial charge in [-0.15, -0.1) is 0 Å². The molecule has 4 nitrogen and oxygen atoms in total. The fraction of sp³-hybridized carbons (Fsp3) is 0.379. The van der Waals surface area contributed by atoms with Gasteiger partial charge in [0, 0.05) is 34.3 Å². The smallest absolute Gasteiger partial charge is 0.337 e. The van der Waals surface area contributed by atoms with E-state index in [4.69, 9.17) is 16.3 Å². The van der Waals surface area contributed by atoms with Crippen LogP contribution in [0, 0.1) is 0 Å². The van der Waals surface area contributed by atoms with Crippen molar-refractivity contribution in [3.05, 3.63) is 93.3 Å². The summed E-state index contributed by atoms with van der Waals surface area (Å²) in [5, 5.41) is 4.06. The first-order valence-electron chi connectivity index (χ1n) is 12.3. The maximum Gasteiger partial charge on any atom is 0.337 e. The zero-order valence-corrected chi connectivity index (χ0v) is 20.2. The van der Waals surface area contributed by atoms with Gasteiger partial charge in [-0.1, -0.05) is 60.5 Å². The van der Waals surface area contributed by atoms with Crippen LogP contribution in [0.25, 0.3) is 0 Å². The van der Waals surface area contributed by atoms with E-state index in [9.17, 15) is 9.59 Å². The Morgan fingerprint density at radius 3 is 2.35 bits per heavy atom. The minimum atomic E-state index is -0.450. The number of benzene rings is 2. The minimum absolute atomic E-state index is 0.0488. The molecule has 3 aliphatic rings. The average molecular weight is 476 g/mol. The Kier molecular flexibility index (Phi) is 6.60. The number of ether oxygens (including phenoxy) is 1. The number of dihydropyridines is 1. The number of hydrogen-bond donors (Lipinski definition) is 1. The number of rotatable bonds is 4. The lowest BCUT2D eigenvalue weighted by atomic mass is 9.71. The molecule has 0 spiro atoms. The molecule has 0 unspecified atom stereocenters. The number of carbonyl (C=O) groups is 2. The highest BCUT2D eigenvalue weighted by molar-refractivity contribution is 6.30. The van der Waals surface area contributed by atoms with Gasteiger partial charge in [-0.25, -0.2) is 4.79 Å². The zero-order valence-electron chi connectivity index (χ0n) is 19.5. The third-order valence-corrected chi connectivity index (χ3v) is 7.60. The molecular formula is C29H30ClNO3. The van der Waals surface area contributed by atoms with Gasteiger partial charge in [-0.3, -0.25) is 4.79 Å². The Hall–Kier alpha value is -2.85. The lowest BCUT2D eigenvalue weighted by Gasteiger charge is -2.37. The van der Waals surface area contributed by atoms with E-state index in [0.717, 1.165) is 54.6 Å². The van der Waals surface area contributed by atoms with Crippen molar-refractivity contribution in [1.29, 1.82) is 0 Å². The molecule has 1 N–H and O–H groups in total. The highest BCUT2D eigenvalue weighted by Gasteiger charge is 2.41. The summed E-state index contributed by atoms with van der Waals surface area (Å²) in [6, 6.07) is 17.7. The van der Waals surface area contributed by atoms with Gasteiger partial charge in [0.25, 0.3) is 0 Å². The van der Waals surface area contributed by atoms with E-state index in [2.05, 4.69) is 17.4 Å². The highest BCUT2D eigenvalue weighted by Crippen LogP contribution is 2.46. The van der Waals surface area contributed by atoms with Crippen molar-refractivity contribution in [2.75, 3.05) is 0 Å². The Morgan fingerprint density at radius 2 is 1.65 bits per heavy atom. The van der Waals surface area contributed by atoms with Crippen LogP contribution in [0.4, 0.5) is 0 Å². The minimum Gasteiger partial charge on any atom is -0.459 e. The largest absolute Gasteiger partial charge is 0.459 e. The molecule has 5 heteroatoms. The van der Waals surface area contributed by atoms with Gasteiger partial charge in [0.15, 0.2) is 5.78 Å². The van der Waals surface area contributed by atoms with Crippen molar-refractivity contribution in [1.82, 2.24) is 5.32 Å². The topological polar surface area (TPSA) is 55.4 Å². The van der Waals surface area contributed by atoms with E-state index in [-0.39, 0.29) is 23.8 Å². The summed E-state index contributed by atoms with van der Waals surface area (Å²) in [5.74, 6) is -0.567. The normalized spacial score (nSPS) is 23.4. The van der Waals surface area contributed by atoms with Crippen molar-refractivity contribution in [2.45, 2.75) is 69.8 Å². The third-order valence-electron chi connectivity index (χ3n) is 7.35. The van der Waals surface area contributed by atoms with Gasteiger partial charge < -0.3 is 10.1 Å². The predicted molar refractivity (Wildman–Crippen MR) is 133 cm³/mol. The van der Waals surface area contributed by atoms with Crippen LogP contribution in [0.1, 0.15) is 74.8 Å². The molecule has 0 saturated heterocycles. The molecule has 0 radical (unpaired) electrons. The summed E-state index contributed by atoms with van der Waals surface area (Å²) >= 11 is 6.17. The standard InChI is InChI=1S/C29H30ClNO3/c1-18-26(29(33)34-23-10-6-3-7-11-23)27(20-12-14-22(30)15-13-20)28-24(31-18)16-21(17-25(28)32)19-8-4-2-5-9-19/h2,4-5,8-9,12-15,21,23,27,31H,3,6-7,10-11,16-17H2,1H3/t21-,27+/m0/s1. The Balaban J connectivity index is 1.52. The van der Waals surface area contributed by atoms with Gasteiger partial charge in [0.05, 0.1) is 5.57 Å². The van der Waals surface area contributed by atoms with Crippen molar-refractivity contribution in [2.24, 2.45) is 0 Å². The average Bonchev–Trinajstić information content (AvgIpc) is 2.84. The fourth-order valence-corrected chi connectivity index (χ4v) is 5.78. The van der Waals surface area contributed by atoms with Gasteiger partial charge in [0.2, 0.25) is 0 Å². The lowest BCUT2D eigenvalue weighted by Crippen LogP contribution is -2.37. The molecule has 0 bridgehead atoms. The first-order valence-corrected chi connectivity index (χ1v) is 12.6. The molecule has 2 aliphatic carbocycles. The van der Waals surface area contributed by atoms with E-state index < -0.39 is 5.92 Å². The maximum atomic E-state index is 13.6. The fourth-order valence-electron chi connectivity index (χ4n) is 5.66. The SMILES string of the molecule is CC1=C(C(=O)OC2CCCCC2)[C@@H](c2ccc(Cl)cc2)C2=C(C[C@H](c3ccccc3)CC2=O)N1. The van der Waals surface area contributed by atoms with Crippen LogP contribution >= 0.6 is 11.6 Å². The molecule has 2 aromatic carbocycles. The number of Topliss-reactive ketones (excluding diaryl/α,β-unsaturated/α-hetero) is 1. The molecule has 2 aromatic rings. The summed E-state index contributed by atoms with van der Waals surface area (Å²) in [7, 11) is 0. The maximum absolute atomic E-state index is 13.6. The van der Waals surface area contributed by atoms with E-state index in [1.165, 1.54) is 6.42 Å². The van der Waals surface area contributed by atoms with Gasteiger partial charge in [-0.2, -0.15) is 0 Å². The molecule has 1 aliphatic heterocycles. The number of halogens is 1. The number of nitrogens with one attached hydrogen (secondary N) is 1. The van der Waals surface area contributed by atoms with E-state index in [1.807, 2.05) is 49.4 Å². The van der Waals surface area contributed by atoms with E-state index >= 15 is 0 Å². The molecular weight excluding hydrogens is 446 g/mol. The van der Waals surface area contributed by atoms with Crippen LogP contribution in [0.3, 0.4) is 0 Å². The highest BCUT2D eigenvalue weighted by atomic mass is 35.5. The molecule has 5 rings (SSSR count). The summed E-state index contributed by atoms with van der Waals surface area (Å²) in [6.45, 7) is 1.92. The van der Waals surface area contributed by atoms with Gasteiger partial charge in [-0.05, 0) is 68.2 Å². The Morgan fingerprint density at radius 1 is 0.941 bits per heavy atom. The van der Waals surface area contributed by atoms with Crippen LogP contribution < -0.4 is 5.32 Å². The molecule has 34 heavy (non-hydrogen) atoms. The molecule has 0 amide bonds. The van der Waals surface area contributed by atoms with Crippen LogP contribution in [-0.4, -0.2) is 17.9 Å². The summed E-state index contributed by atoms with van der Waals surface area (Å²) in [4.78, 5) is 27.1. The van der Waals surface area contributed by atoms with Gasteiger partial charge >= 0.3 is 5.97 Å². The third kappa shape index (κ3) is 4.56. The summed E-state index contributed by atoms with van der Waals surface area (Å²) in [6.07, 6.45) is 6.29.